The van der Waals surface area contributed by atoms with Gasteiger partial charge in [0.2, 0.25) is 5.91 Å². The molecule has 0 spiro atoms. The molecular formula is C30H30N6O2. The van der Waals surface area contributed by atoms with Crippen LogP contribution in [0.3, 0.4) is 0 Å². The number of nitrogens with zero attached hydrogens (tertiary/aromatic N) is 5. The number of carbonyl (C=O) groups excluding carboxylic acids is 1. The maximum absolute atomic E-state index is 13.1. The van der Waals surface area contributed by atoms with E-state index < -0.39 is 0 Å². The number of aromatic amines is 1. The van der Waals surface area contributed by atoms with Crippen molar-refractivity contribution >= 4 is 29.0 Å². The maximum atomic E-state index is 13.1. The second-order valence-corrected chi connectivity index (χ2v) is 9.34. The van der Waals surface area contributed by atoms with Gasteiger partial charge in [-0.05, 0) is 65.2 Å². The van der Waals surface area contributed by atoms with Gasteiger partial charge in [-0.25, -0.2) is 5.10 Å². The molecule has 0 aliphatic rings. The van der Waals surface area contributed by atoms with Gasteiger partial charge in [-0.3, -0.25) is 4.79 Å². The zero-order valence-corrected chi connectivity index (χ0v) is 21.5. The number of likely N-dealkylation sites (N-methyl/N-ethyl adjacent to an activating group) is 1. The summed E-state index contributed by atoms with van der Waals surface area (Å²) in [6.07, 6.45) is 6.55. The largest absolute Gasteiger partial charge is 0.489 e. The molecule has 5 aromatic rings. The Morgan fingerprint density at radius 1 is 1.03 bits per heavy atom. The Morgan fingerprint density at radius 2 is 1.84 bits per heavy atom. The number of amides is 1. The van der Waals surface area contributed by atoms with Gasteiger partial charge in [0.1, 0.15) is 18.9 Å². The third kappa shape index (κ3) is 6.15. The van der Waals surface area contributed by atoms with Crippen LogP contribution in [-0.4, -0.2) is 49.6 Å². The summed E-state index contributed by atoms with van der Waals surface area (Å²) in [4.78, 5) is 14.9. The van der Waals surface area contributed by atoms with Gasteiger partial charge in [0, 0.05) is 36.3 Å². The van der Waals surface area contributed by atoms with Crippen molar-refractivity contribution in [2.24, 2.45) is 0 Å². The van der Waals surface area contributed by atoms with E-state index in [1.54, 1.807) is 4.90 Å². The fourth-order valence-corrected chi connectivity index (χ4v) is 4.25. The normalized spacial score (nSPS) is 11.3. The van der Waals surface area contributed by atoms with Crippen LogP contribution in [0.5, 0.6) is 5.75 Å². The van der Waals surface area contributed by atoms with E-state index in [0.717, 1.165) is 34.2 Å². The van der Waals surface area contributed by atoms with Crippen LogP contribution in [0.1, 0.15) is 28.1 Å². The molecular weight excluding hydrogens is 476 g/mol. The minimum absolute atomic E-state index is 0.0486. The highest BCUT2D eigenvalue weighted by atomic mass is 16.5. The lowest BCUT2D eigenvalue weighted by Crippen LogP contribution is -2.31. The van der Waals surface area contributed by atoms with Crippen molar-refractivity contribution in [3.63, 3.8) is 0 Å². The molecule has 192 valence electrons. The summed E-state index contributed by atoms with van der Waals surface area (Å²) in [6.45, 7) is 3.44. The van der Waals surface area contributed by atoms with Crippen LogP contribution in [0, 0.1) is 6.92 Å². The maximum Gasteiger partial charge on any atom is 0.242 e. The van der Waals surface area contributed by atoms with Gasteiger partial charge in [-0.15, -0.1) is 5.10 Å². The Balaban J connectivity index is 1.35. The molecule has 0 atom stereocenters. The topological polar surface area (TPSA) is 88.9 Å². The standard InChI is InChI=1S/C30H30N6O2/c1-22-8-10-24(11-9-22)21-38-26-13-14-28-27(18-26)25(12-15-29-31-33-34-32-29)19-36(28)20-30(37)35(2)17-16-23-6-4-3-5-7-23/h3-15,18-19H,16-17,20-21H2,1-2H3,(H,31,32,33,34). The zero-order chi connectivity index (χ0) is 26.3. The lowest BCUT2D eigenvalue weighted by atomic mass is 10.1. The first-order valence-electron chi connectivity index (χ1n) is 12.6. The summed E-state index contributed by atoms with van der Waals surface area (Å²) < 4.78 is 8.09. The molecule has 3 aromatic carbocycles. The average Bonchev–Trinajstić information content (AvgIpc) is 3.58. The number of aryl methyl sites for hydroxylation is 1. The predicted molar refractivity (Wildman–Crippen MR) is 148 cm³/mol. The zero-order valence-electron chi connectivity index (χ0n) is 21.5. The molecule has 0 fully saturated rings. The first-order chi connectivity index (χ1) is 18.5. The van der Waals surface area contributed by atoms with Crippen LogP contribution < -0.4 is 4.74 Å². The minimum atomic E-state index is 0.0486. The number of benzene rings is 3. The second kappa shape index (κ2) is 11.6. The van der Waals surface area contributed by atoms with E-state index in [0.29, 0.717) is 19.0 Å². The molecule has 1 amide bonds. The third-order valence-electron chi connectivity index (χ3n) is 6.50. The van der Waals surface area contributed by atoms with Crippen molar-refractivity contribution in [2.45, 2.75) is 26.5 Å². The third-order valence-corrected chi connectivity index (χ3v) is 6.50. The summed E-state index contributed by atoms with van der Waals surface area (Å²) in [5.41, 5.74) is 5.43. The number of nitrogens with one attached hydrogen (secondary N) is 1. The van der Waals surface area contributed by atoms with Gasteiger partial charge < -0.3 is 14.2 Å². The highest BCUT2D eigenvalue weighted by Gasteiger charge is 2.14. The van der Waals surface area contributed by atoms with E-state index in [-0.39, 0.29) is 12.5 Å². The molecule has 8 heteroatoms. The van der Waals surface area contributed by atoms with Crippen LogP contribution in [0.4, 0.5) is 0 Å². The highest BCUT2D eigenvalue weighted by molar-refractivity contribution is 5.93. The van der Waals surface area contributed by atoms with E-state index in [1.165, 1.54) is 11.1 Å². The molecule has 0 aliphatic carbocycles. The predicted octanol–water partition coefficient (Wildman–Crippen LogP) is 4.91. The number of tetrazole rings is 1. The highest BCUT2D eigenvalue weighted by Crippen LogP contribution is 2.28. The van der Waals surface area contributed by atoms with Crippen molar-refractivity contribution in [2.75, 3.05) is 13.6 Å². The van der Waals surface area contributed by atoms with Gasteiger partial charge in [-0.1, -0.05) is 60.2 Å². The number of hydrogen-bond donors (Lipinski definition) is 1. The van der Waals surface area contributed by atoms with Crippen LogP contribution in [-0.2, 0) is 24.4 Å². The lowest BCUT2D eigenvalue weighted by Gasteiger charge is -2.18. The lowest BCUT2D eigenvalue weighted by molar-refractivity contribution is -0.130. The molecule has 0 saturated heterocycles. The Kier molecular flexibility index (Phi) is 7.59. The van der Waals surface area contributed by atoms with Gasteiger partial charge in [0.25, 0.3) is 0 Å². The average molecular weight is 507 g/mol. The summed E-state index contributed by atoms with van der Waals surface area (Å²) in [5.74, 6) is 1.36. The molecule has 0 aliphatic heterocycles. The molecule has 0 bridgehead atoms. The van der Waals surface area contributed by atoms with E-state index in [9.17, 15) is 4.79 Å². The van der Waals surface area contributed by atoms with E-state index in [1.807, 2.05) is 66.4 Å². The minimum Gasteiger partial charge on any atom is -0.489 e. The van der Waals surface area contributed by atoms with Crippen molar-refractivity contribution < 1.29 is 9.53 Å². The number of aromatic nitrogens is 5. The Labute approximate surface area is 221 Å². The molecule has 5 rings (SSSR count). The molecule has 8 nitrogen and oxygen atoms in total. The van der Waals surface area contributed by atoms with Crippen LogP contribution in [0.15, 0.2) is 79.0 Å². The monoisotopic (exact) mass is 506 g/mol. The molecule has 1 N–H and O–H groups in total. The number of H-pyrrole nitrogens is 1. The van der Waals surface area contributed by atoms with Crippen LogP contribution in [0.2, 0.25) is 0 Å². The SMILES string of the molecule is Cc1ccc(COc2ccc3c(c2)c(C=Cc2nnn[nH]2)cn3CC(=O)N(C)CCc2ccccc2)cc1. The van der Waals surface area contributed by atoms with Crippen molar-refractivity contribution in [1.29, 1.82) is 0 Å². The number of ether oxygens (including phenoxy) is 1. The van der Waals surface area contributed by atoms with Crippen LogP contribution in [0.25, 0.3) is 23.1 Å². The van der Waals surface area contributed by atoms with E-state index in [4.69, 9.17) is 4.74 Å². The number of carbonyl (C=O) groups is 1. The Bertz CT molecular complexity index is 1520. The molecule has 2 aromatic heterocycles. The Morgan fingerprint density at radius 3 is 2.61 bits per heavy atom. The quantitative estimate of drug-likeness (QED) is 0.291. The van der Waals surface area contributed by atoms with Gasteiger partial charge in [-0.2, -0.15) is 0 Å². The fraction of sp³-hybridized carbons (Fsp3) is 0.200. The molecule has 38 heavy (non-hydrogen) atoms. The molecule has 0 unspecified atom stereocenters. The number of rotatable bonds is 10. The summed E-state index contributed by atoms with van der Waals surface area (Å²) in [6, 6.07) is 24.5. The van der Waals surface area contributed by atoms with E-state index in [2.05, 4.69) is 63.9 Å². The summed E-state index contributed by atoms with van der Waals surface area (Å²) in [5, 5.41) is 14.9. The molecule has 0 radical (unpaired) electrons. The first-order valence-corrected chi connectivity index (χ1v) is 12.6. The smallest absolute Gasteiger partial charge is 0.242 e. The number of hydrogen-bond acceptors (Lipinski definition) is 5. The molecule has 0 saturated carbocycles. The second-order valence-electron chi connectivity index (χ2n) is 9.34. The van der Waals surface area contributed by atoms with Crippen molar-refractivity contribution in [3.05, 3.63) is 107 Å². The van der Waals surface area contributed by atoms with Gasteiger partial charge >= 0.3 is 0 Å². The summed E-state index contributed by atoms with van der Waals surface area (Å²) >= 11 is 0. The Hall–Kier alpha value is -4.72. The van der Waals surface area contributed by atoms with Crippen LogP contribution >= 0.6 is 0 Å². The van der Waals surface area contributed by atoms with Crippen molar-refractivity contribution in [3.8, 4) is 5.75 Å². The molecule has 2 heterocycles. The first kappa shape index (κ1) is 25.0. The van der Waals surface area contributed by atoms with Crippen molar-refractivity contribution in [1.82, 2.24) is 30.1 Å². The number of fused-ring (bicyclic) bond motifs is 1. The van der Waals surface area contributed by atoms with E-state index >= 15 is 0 Å². The van der Waals surface area contributed by atoms with Gasteiger partial charge in [0.15, 0.2) is 5.82 Å². The summed E-state index contributed by atoms with van der Waals surface area (Å²) in [7, 11) is 1.85. The fourth-order valence-electron chi connectivity index (χ4n) is 4.25. The van der Waals surface area contributed by atoms with Gasteiger partial charge in [0.05, 0.1) is 0 Å².